The average molecular weight is 336 g/mol. The Kier molecular flexibility index (Phi) is 5.56. The van der Waals surface area contributed by atoms with Gasteiger partial charge in [-0.05, 0) is 31.5 Å². The van der Waals surface area contributed by atoms with Crippen LogP contribution in [-0.4, -0.2) is 38.9 Å². The van der Waals surface area contributed by atoms with Gasteiger partial charge in [-0.1, -0.05) is 17.7 Å². The van der Waals surface area contributed by atoms with Gasteiger partial charge in [0.1, 0.15) is 5.82 Å². The summed E-state index contributed by atoms with van der Waals surface area (Å²) in [6.45, 7) is 1.40. The van der Waals surface area contributed by atoms with E-state index in [1.54, 1.807) is 6.07 Å². The van der Waals surface area contributed by atoms with E-state index < -0.39 is 16.0 Å². The molecular weight excluding hydrogens is 317 g/mol. The zero-order valence-electron chi connectivity index (χ0n) is 11.8. The third-order valence-corrected chi connectivity index (χ3v) is 5.40. The summed E-state index contributed by atoms with van der Waals surface area (Å²) in [7, 11) is -2.27. The molecule has 1 atom stereocenters. The molecule has 21 heavy (non-hydrogen) atoms. The van der Waals surface area contributed by atoms with Gasteiger partial charge in [0.2, 0.25) is 0 Å². The lowest BCUT2D eigenvalue weighted by atomic mass is 10.1. The monoisotopic (exact) mass is 335 g/mol. The van der Waals surface area contributed by atoms with Crippen LogP contribution in [0.15, 0.2) is 18.2 Å². The molecule has 2 N–H and O–H groups in total. The second-order valence-electron chi connectivity index (χ2n) is 5.12. The number of hydrogen-bond donors (Lipinski definition) is 2. The van der Waals surface area contributed by atoms with Crippen molar-refractivity contribution in [2.45, 2.75) is 25.4 Å². The highest BCUT2D eigenvalue weighted by Crippen LogP contribution is 2.21. The lowest BCUT2D eigenvalue weighted by Crippen LogP contribution is -2.49. The molecule has 0 saturated carbocycles. The van der Waals surface area contributed by atoms with E-state index in [2.05, 4.69) is 10.0 Å². The largest absolute Gasteiger partial charge is 0.315 e. The number of benzene rings is 1. The van der Waals surface area contributed by atoms with Gasteiger partial charge in [-0.15, -0.1) is 0 Å². The summed E-state index contributed by atoms with van der Waals surface area (Å²) in [4.78, 5) is 0. The molecule has 1 aliphatic heterocycles. The summed E-state index contributed by atoms with van der Waals surface area (Å²) in [5.41, 5.74) is 0.175. The van der Waals surface area contributed by atoms with Crippen LogP contribution in [0, 0.1) is 5.82 Å². The molecule has 118 valence electrons. The smallest absolute Gasteiger partial charge is 0.279 e. The van der Waals surface area contributed by atoms with Crippen LogP contribution in [0.1, 0.15) is 18.4 Å². The van der Waals surface area contributed by atoms with E-state index in [1.807, 2.05) is 0 Å². The van der Waals surface area contributed by atoms with Gasteiger partial charge in [0.15, 0.2) is 0 Å². The van der Waals surface area contributed by atoms with E-state index in [0.29, 0.717) is 6.54 Å². The standard InChI is InChI=1S/C13H19ClFN3O2S/c1-18(9-11-12(14)5-2-6-13(11)15)21(19,20)17-10-4-3-7-16-8-10/h2,5-6,10,16-17H,3-4,7-9H2,1H3/t10-/m1/s1. The number of nitrogens with one attached hydrogen (secondary N) is 2. The molecule has 0 bridgehead atoms. The van der Waals surface area contributed by atoms with Crippen molar-refractivity contribution in [3.8, 4) is 0 Å². The lowest BCUT2D eigenvalue weighted by molar-refractivity contribution is 0.399. The Bertz CT molecular complexity index is 571. The number of piperidine rings is 1. The summed E-state index contributed by atoms with van der Waals surface area (Å²) in [6.07, 6.45) is 1.72. The number of nitrogens with zero attached hydrogens (tertiary/aromatic N) is 1. The minimum absolute atomic E-state index is 0.110. The summed E-state index contributed by atoms with van der Waals surface area (Å²) in [5.74, 6) is -0.510. The highest BCUT2D eigenvalue weighted by atomic mass is 35.5. The SMILES string of the molecule is CN(Cc1c(F)cccc1Cl)S(=O)(=O)N[C@@H]1CCCNC1. The molecule has 0 unspecified atom stereocenters. The van der Waals surface area contributed by atoms with Crippen LogP contribution >= 0.6 is 11.6 Å². The molecule has 5 nitrogen and oxygen atoms in total. The molecule has 1 aliphatic rings. The third kappa shape index (κ3) is 4.37. The van der Waals surface area contributed by atoms with Crippen molar-refractivity contribution in [2.24, 2.45) is 0 Å². The number of hydrogen-bond acceptors (Lipinski definition) is 3. The first kappa shape index (κ1) is 16.6. The second-order valence-corrected chi connectivity index (χ2v) is 7.34. The van der Waals surface area contributed by atoms with Crippen molar-refractivity contribution in [3.05, 3.63) is 34.6 Å². The van der Waals surface area contributed by atoms with E-state index in [9.17, 15) is 12.8 Å². The van der Waals surface area contributed by atoms with Gasteiger partial charge in [0.05, 0.1) is 0 Å². The molecule has 0 radical (unpaired) electrons. The molecule has 1 saturated heterocycles. The molecule has 0 aromatic heterocycles. The van der Waals surface area contributed by atoms with Crippen molar-refractivity contribution in [1.82, 2.24) is 14.3 Å². The van der Waals surface area contributed by atoms with Crippen molar-refractivity contribution < 1.29 is 12.8 Å². The Morgan fingerprint density at radius 3 is 2.90 bits per heavy atom. The van der Waals surface area contributed by atoms with Crippen LogP contribution in [0.3, 0.4) is 0 Å². The first-order valence-electron chi connectivity index (χ1n) is 6.77. The lowest BCUT2D eigenvalue weighted by Gasteiger charge is -2.26. The highest BCUT2D eigenvalue weighted by Gasteiger charge is 2.25. The molecule has 0 amide bonds. The van der Waals surface area contributed by atoms with Gasteiger partial charge < -0.3 is 5.32 Å². The maximum Gasteiger partial charge on any atom is 0.279 e. The molecule has 1 aromatic carbocycles. The molecule has 8 heteroatoms. The van der Waals surface area contributed by atoms with Gasteiger partial charge >= 0.3 is 0 Å². The van der Waals surface area contributed by atoms with Crippen molar-refractivity contribution in [3.63, 3.8) is 0 Å². The van der Waals surface area contributed by atoms with E-state index >= 15 is 0 Å². The maximum atomic E-state index is 13.7. The van der Waals surface area contributed by atoms with Crippen LogP contribution in [0.4, 0.5) is 4.39 Å². The summed E-state index contributed by atoms with van der Waals surface area (Å²) >= 11 is 5.92. The van der Waals surface area contributed by atoms with Gasteiger partial charge in [0, 0.05) is 36.8 Å². The predicted molar refractivity (Wildman–Crippen MR) is 80.8 cm³/mol. The first-order chi connectivity index (χ1) is 9.90. The molecule has 0 aliphatic carbocycles. The van der Waals surface area contributed by atoms with Crippen molar-refractivity contribution in [1.29, 1.82) is 0 Å². The molecule has 1 heterocycles. The molecule has 1 aromatic rings. The zero-order valence-corrected chi connectivity index (χ0v) is 13.3. The van der Waals surface area contributed by atoms with Crippen LogP contribution in [-0.2, 0) is 16.8 Å². The maximum absolute atomic E-state index is 13.7. The Morgan fingerprint density at radius 1 is 1.52 bits per heavy atom. The number of rotatable bonds is 5. The zero-order chi connectivity index (χ0) is 15.5. The van der Waals surface area contributed by atoms with Crippen molar-refractivity contribution in [2.75, 3.05) is 20.1 Å². The minimum Gasteiger partial charge on any atom is -0.315 e. The van der Waals surface area contributed by atoms with Crippen LogP contribution < -0.4 is 10.0 Å². The van der Waals surface area contributed by atoms with Gasteiger partial charge in [-0.3, -0.25) is 0 Å². The van der Waals surface area contributed by atoms with Crippen LogP contribution in [0.2, 0.25) is 5.02 Å². The van der Waals surface area contributed by atoms with E-state index in [-0.39, 0.29) is 23.2 Å². The van der Waals surface area contributed by atoms with Gasteiger partial charge in [-0.25, -0.2) is 4.39 Å². The summed E-state index contributed by atoms with van der Waals surface area (Å²) < 4.78 is 41.9. The Morgan fingerprint density at radius 2 is 2.29 bits per heavy atom. The van der Waals surface area contributed by atoms with E-state index in [4.69, 9.17) is 11.6 Å². The van der Waals surface area contributed by atoms with Gasteiger partial charge in [0.25, 0.3) is 10.2 Å². The fourth-order valence-electron chi connectivity index (χ4n) is 2.24. The minimum atomic E-state index is -3.67. The quantitative estimate of drug-likeness (QED) is 0.857. The third-order valence-electron chi connectivity index (χ3n) is 3.47. The average Bonchev–Trinajstić information content (AvgIpc) is 2.43. The highest BCUT2D eigenvalue weighted by molar-refractivity contribution is 7.87. The fourth-order valence-corrected chi connectivity index (χ4v) is 3.57. The second kappa shape index (κ2) is 7.02. The molecular formula is C13H19ClFN3O2S. The Labute approximate surface area is 129 Å². The van der Waals surface area contributed by atoms with E-state index in [0.717, 1.165) is 23.7 Å². The topological polar surface area (TPSA) is 61.4 Å². The normalized spacial score (nSPS) is 19.9. The molecule has 1 fully saturated rings. The Balaban J connectivity index is 2.05. The molecule has 0 spiro atoms. The van der Waals surface area contributed by atoms with Crippen molar-refractivity contribution >= 4 is 21.8 Å². The van der Waals surface area contributed by atoms with Gasteiger partial charge in [-0.2, -0.15) is 17.4 Å². The first-order valence-corrected chi connectivity index (χ1v) is 8.59. The Hall–Kier alpha value is -0.730. The summed E-state index contributed by atoms with van der Waals surface area (Å²) in [5, 5.41) is 3.36. The summed E-state index contributed by atoms with van der Waals surface area (Å²) in [6, 6.07) is 4.16. The fraction of sp³-hybridized carbons (Fsp3) is 0.538. The number of halogens is 2. The van der Waals surface area contributed by atoms with Crippen LogP contribution in [0.5, 0.6) is 0 Å². The van der Waals surface area contributed by atoms with Crippen LogP contribution in [0.25, 0.3) is 0 Å². The van der Waals surface area contributed by atoms with E-state index in [1.165, 1.54) is 19.2 Å². The molecule has 2 rings (SSSR count). The predicted octanol–water partition coefficient (Wildman–Crippen LogP) is 1.50.